The van der Waals surface area contributed by atoms with Gasteiger partial charge in [-0.15, -0.1) is 0 Å². The smallest absolute Gasteiger partial charge is 0.311 e. The van der Waals surface area contributed by atoms with Gasteiger partial charge in [0.15, 0.2) is 23.1 Å². The number of hydrogen-bond acceptors (Lipinski definition) is 9. The van der Waals surface area contributed by atoms with Crippen LogP contribution in [0, 0.1) is 10.1 Å². The highest BCUT2D eigenvalue weighted by molar-refractivity contribution is 5.80. The number of para-hydroxylation sites is 2. The number of nitro benzene ring substituents is 1. The molecule has 1 heterocycles. The highest BCUT2D eigenvalue weighted by Crippen LogP contribution is 2.40. The van der Waals surface area contributed by atoms with Crippen LogP contribution in [0.5, 0.6) is 23.0 Å². The lowest BCUT2D eigenvalue weighted by Gasteiger charge is -2.18. The van der Waals surface area contributed by atoms with E-state index in [1.165, 1.54) is 44.2 Å². The fourth-order valence-electron chi connectivity index (χ4n) is 3.72. The standard InChI is InChI=1S/C24H22N4O7/c1-33-19-11-15(12-20(34-2)22(19)35-3)23-26-17-9-5-4-8-16(17)24(30)27(23)25-13-14-7-6-10-18(21(14)29)28(31)32/h4-12,25,29H,13H2,1-3H3. The van der Waals surface area contributed by atoms with Crippen LogP contribution in [0.4, 0.5) is 5.69 Å². The number of aromatic nitrogens is 2. The zero-order chi connectivity index (χ0) is 25.1. The number of phenols is 1. The number of phenolic OH excluding ortho intramolecular Hbond substituents is 1. The lowest BCUT2D eigenvalue weighted by atomic mass is 10.1. The lowest BCUT2D eigenvalue weighted by Crippen LogP contribution is -2.31. The molecule has 1 aromatic heterocycles. The second-order valence-electron chi connectivity index (χ2n) is 7.38. The highest BCUT2D eigenvalue weighted by Gasteiger charge is 2.20. The monoisotopic (exact) mass is 478 g/mol. The van der Waals surface area contributed by atoms with Crippen molar-refractivity contribution in [2.24, 2.45) is 0 Å². The molecule has 0 bridgehead atoms. The summed E-state index contributed by atoms with van der Waals surface area (Å²) < 4.78 is 17.5. The van der Waals surface area contributed by atoms with E-state index in [4.69, 9.17) is 14.2 Å². The Morgan fingerprint density at radius 1 is 1.03 bits per heavy atom. The summed E-state index contributed by atoms with van der Waals surface area (Å²) in [4.78, 5) is 28.6. The average molecular weight is 478 g/mol. The predicted octanol–water partition coefficient (Wildman–Crippen LogP) is 3.45. The summed E-state index contributed by atoms with van der Waals surface area (Å²) in [6, 6.07) is 14.3. The molecule has 0 spiro atoms. The summed E-state index contributed by atoms with van der Waals surface area (Å²) in [5, 5.41) is 21.9. The maximum absolute atomic E-state index is 13.4. The van der Waals surface area contributed by atoms with Crippen LogP contribution in [-0.2, 0) is 6.54 Å². The fraction of sp³-hybridized carbons (Fsp3) is 0.167. The molecule has 11 nitrogen and oxygen atoms in total. The Morgan fingerprint density at radius 3 is 2.34 bits per heavy atom. The van der Waals surface area contributed by atoms with E-state index in [2.05, 4.69) is 10.4 Å². The first-order chi connectivity index (χ1) is 16.9. The van der Waals surface area contributed by atoms with Gasteiger partial charge in [0.2, 0.25) is 5.75 Å². The zero-order valence-electron chi connectivity index (χ0n) is 19.1. The van der Waals surface area contributed by atoms with Gasteiger partial charge >= 0.3 is 5.69 Å². The molecule has 11 heteroatoms. The van der Waals surface area contributed by atoms with Crippen LogP contribution in [0.3, 0.4) is 0 Å². The third-order valence-electron chi connectivity index (χ3n) is 5.42. The Labute approximate surface area is 199 Å². The number of nitro groups is 1. The molecule has 0 amide bonds. The number of aromatic hydroxyl groups is 1. The van der Waals surface area contributed by atoms with Gasteiger partial charge in [-0.2, -0.15) is 0 Å². The van der Waals surface area contributed by atoms with E-state index in [0.29, 0.717) is 33.7 Å². The molecule has 0 aliphatic carbocycles. The third kappa shape index (κ3) is 4.26. The van der Waals surface area contributed by atoms with Gasteiger partial charge in [0, 0.05) is 17.2 Å². The van der Waals surface area contributed by atoms with Crippen molar-refractivity contribution in [1.82, 2.24) is 9.66 Å². The number of nitrogens with zero attached hydrogens (tertiary/aromatic N) is 3. The predicted molar refractivity (Wildman–Crippen MR) is 129 cm³/mol. The van der Waals surface area contributed by atoms with Gasteiger partial charge in [-0.1, -0.05) is 24.3 Å². The van der Waals surface area contributed by atoms with E-state index in [-0.39, 0.29) is 17.9 Å². The second-order valence-corrected chi connectivity index (χ2v) is 7.38. The number of nitrogens with one attached hydrogen (secondary N) is 1. The van der Waals surface area contributed by atoms with Crippen molar-refractivity contribution in [3.05, 3.63) is 80.6 Å². The lowest BCUT2D eigenvalue weighted by molar-refractivity contribution is -0.385. The molecule has 0 unspecified atom stereocenters. The summed E-state index contributed by atoms with van der Waals surface area (Å²) in [7, 11) is 4.44. The quantitative estimate of drug-likeness (QED) is 0.288. The Balaban J connectivity index is 1.89. The van der Waals surface area contributed by atoms with Crippen LogP contribution in [0.2, 0.25) is 0 Å². The minimum absolute atomic E-state index is 0.0924. The second kappa shape index (κ2) is 9.59. The number of methoxy groups -OCH3 is 3. The van der Waals surface area contributed by atoms with Crippen molar-refractivity contribution in [1.29, 1.82) is 0 Å². The first-order valence-corrected chi connectivity index (χ1v) is 10.4. The van der Waals surface area contributed by atoms with Gasteiger partial charge in [0.25, 0.3) is 5.56 Å². The van der Waals surface area contributed by atoms with Crippen molar-refractivity contribution < 1.29 is 24.2 Å². The summed E-state index contributed by atoms with van der Waals surface area (Å²) in [5.74, 6) is 0.862. The number of hydrogen-bond donors (Lipinski definition) is 2. The van der Waals surface area contributed by atoms with E-state index in [0.717, 1.165) is 0 Å². The summed E-state index contributed by atoms with van der Waals surface area (Å²) in [6.07, 6.45) is 0. The normalized spacial score (nSPS) is 10.7. The van der Waals surface area contributed by atoms with E-state index < -0.39 is 21.9 Å². The van der Waals surface area contributed by atoms with Crippen LogP contribution >= 0.6 is 0 Å². The molecule has 35 heavy (non-hydrogen) atoms. The van der Waals surface area contributed by atoms with Crippen LogP contribution in [0.25, 0.3) is 22.3 Å². The summed E-state index contributed by atoms with van der Waals surface area (Å²) in [5.41, 5.74) is 3.30. The van der Waals surface area contributed by atoms with Gasteiger partial charge in [-0.25, -0.2) is 9.66 Å². The molecule has 2 N–H and O–H groups in total. The minimum Gasteiger partial charge on any atom is -0.502 e. The molecular weight excluding hydrogens is 456 g/mol. The number of fused-ring (bicyclic) bond motifs is 1. The molecule has 0 fully saturated rings. The van der Waals surface area contributed by atoms with Crippen molar-refractivity contribution >= 4 is 16.6 Å². The van der Waals surface area contributed by atoms with Crippen molar-refractivity contribution in [2.75, 3.05) is 26.8 Å². The Kier molecular flexibility index (Phi) is 6.40. The molecule has 4 aromatic rings. The largest absolute Gasteiger partial charge is 0.502 e. The topological polar surface area (TPSA) is 138 Å². The summed E-state index contributed by atoms with van der Waals surface area (Å²) >= 11 is 0. The fourth-order valence-corrected chi connectivity index (χ4v) is 3.72. The first-order valence-electron chi connectivity index (χ1n) is 10.4. The molecular formula is C24H22N4O7. The minimum atomic E-state index is -0.677. The van der Waals surface area contributed by atoms with Gasteiger partial charge in [0.1, 0.15) is 0 Å². The average Bonchev–Trinajstić information content (AvgIpc) is 2.87. The third-order valence-corrected chi connectivity index (χ3v) is 5.42. The van der Waals surface area contributed by atoms with Crippen molar-refractivity contribution in [3.63, 3.8) is 0 Å². The Morgan fingerprint density at radius 2 is 1.71 bits per heavy atom. The van der Waals surface area contributed by atoms with Crippen LogP contribution < -0.4 is 25.2 Å². The summed E-state index contributed by atoms with van der Waals surface area (Å²) in [6.45, 7) is -0.0924. The number of rotatable bonds is 8. The van der Waals surface area contributed by atoms with E-state index in [9.17, 15) is 20.0 Å². The Bertz CT molecular complexity index is 1460. The molecule has 3 aromatic carbocycles. The number of benzene rings is 3. The highest BCUT2D eigenvalue weighted by atomic mass is 16.6. The van der Waals surface area contributed by atoms with Gasteiger partial charge in [-0.3, -0.25) is 14.9 Å². The van der Waals surface area contributed by atoms with E-state index in [1.807, 2.05) is 0 Å². The van der Waals surface area contributed by atoms with Crippen LogP contribution in [0.15, 0.2) is 59.4 Å². The molecule has 0 saturated heterocycles. The van der Waals surface area contributed by atoms with Gasteiger partial charge in [-0.05, 0) is 24.3 Å². The molecule has 4 rings (SSSR count). The van der Waals surface area contributed by atoms with Gasteiger partial charge in [0.05, 0.1) is 43.7 Å². The van der Waals surface area contributed by atoms with Crippen LogP contribution in [0.1, 0.15) is 5.56 Å². The van der Waals surface area contributed by atoms with Crippen LogP contribution in [-0.4, -0.2) is 41.0 Å². The Hall–Kier alpha value is -4.80. The molecule has 0 aliphatic rings. The first kappa shape index (κ1) is 23.4. The SMILES string of the molecule is COc1cc(-c2nc3ccccc3c(=O)n2NCc2cccc([N+](=O)[O-])c2O)cc(OC)c1OC. The molecule has 0 saturated carbocycles. The zero-order valence-corrected chi connectivity index (χ0v) is 19.1. The van der Waals surface area contributed by atoms with Crippen molar-refractivity contribution in [2.45, 2.75) is 6.54 Å². The van der Waals surface area contributed by atoms with Gasteiger partial charge < -0.3 is 24.7 Å². The molecule has 0 atom stereocenters. The maximum Gasteiger partial charge on any atom is 0.311 e. The van der Waals surface area contributed by atoms with E-state index in [1.54, 1.807) is 36.4 Å². The number of ether oxygens (including phenoxy) is 3. The molecule has 0 aliphatic heterocycles. The molecule has 180 valence electrons. The van der Waals surface area contributed by atoms with E-state index >= 15 is 0 Å². The molecule has 0 radical (unpaired) electrons. The van der Waals surface area contributed by atoms with Crippen molar-refractivity contribution in [3.8, 4) is 34.4 Å². The maximum atomic E-state index is 13.4.